The lowest BCUT2D eigenvalue weighted by atomic mass is 10.2. The van der Waals surface area contributed by atoms with Crippen LogP contribution in [-0.2, 0) is 0 Å². The van der Waals surface area contributed by atoms with Crippen molar-refractivity contribution in [3.63, 3.8) is 0 Å². The molecule has 1 saturated heterocycles. The number of nitrogens with zero attached hydrogens (tertiary/aromatic N) is 1. The predicted molar refractivity (Wildman–Crippen MR) is 64.0 cm³/mol. The van der Waals surface area contributed by atoms with E-state index in [-0.39, 0.29) is 6.10 Å². The third-order valence-electron chi connectivity index (χ3n) is 3.21. The predicted octanol–water partition coefficient (Wildman–Crippen LogP) is 1.22. The summed E-state index contributed by atoms with van der Waals surface area (Å²) in [6, 6.07) is 1.23. The van der Waals surface area contributed by atoms with E-state index in [0.29, 0.717) is 12.1 Å². The minimum atomic E-state index is -0.164. The number of rotatable bonds is 6. The molecule has 1 aliphatic rings. The molecule has 0 saturated carbocycles. The van der Waals surface area contributed by atoms with Gasteiger partial charge in [0.2, 0.25) is 0 Å². The normalized spacial score (nSPS) is 25.0. The van der Waals surface area contributed by atoms with Gasteiger partial charge in [0.05, 0.1) is 6.10 Å². The van der Waals surface area contributed by atoms with Crippen molar-refractivity contribution < 1.29 is 5.11 Å². The molecule has 15 heavy (non-hydrogen) atoms. The number of aliphatic hydroxyl groups is 1. The molecule has 3 heteroatoms. The van der Waals surface area contributed by atoms with Gasteiger partial charge in [-0.25, -0.2) is 0 Å². The van der Waals surface area contributed by atoms with Gasteiger partial charge < -0.3 is 10.4 Å². The standard InChI is InChI=1S/C12H26N2O/c1-4-5-12(15)8-13-11-6-7-14(9-11)10(2)3/h10-13,15H,4-9H2,1-3H3. The number of hydrogen-bond acceptors (Lipinski definition) is 3. The first-order chi connectivity index (χ1) is 7.13. The number of hydrogen-bond donors (Lipinski definition) is 2. The highest BCUT2D eigenvalue weighted by Gasteiger charge is 2.23. The van der Waals surface area contributed by atoms with Crippen LogP contribution in [0.3, 0.4) is 0 Å². The lowest BCUT2D eigenvalue weighted by Crippen LogP contribution is -2.38. The van der Waals surface area contributed by atoms with E-state index in [9.17, 15) is 5.11 Å². The summed E-state index contributed by atoms with van der Waals surface area (Å²) in [6.45, 7) is 9.68. The van der Waals surface area contributed by atoms with Crippen molar-refractivity contribution in [1.29, 1.82) is 0 Å². The monoisotopic (exact) mass is 214 g/mol. The van der Waals surface area contributed by atoms with Crippen molar-refractivity contribution >= 4 is 0 Å². The lowest BCUT2D eigenvalue weighted by Gasteiger charge is -2.21. The van der Waals surface area contributed by atoms with E-state index in [0.717, 1.165) is 25.9 Å². The van der Waals surface area contributed by atoms with Gasteiger partial charge in [0.1, 0.15) is 0 Å². The SMILES string of the molecule is CCCC(O)CNC1CCN(C(C)C)C1. The van der Waals surface area contributed by atoms with Crippen molar-refractivity contribution in [3.8, 4) is 0 Å². The molecule has 0 aromatic carbocycles. The molecule has 2 N–H and O–H groups in total. The Hall–Kier alpha value is -0.120. The third kappa shape index (κ3) is 4.49. The number of nitrogens with one attached hydrogen (secondary N) is 1. The largest absolute Gasteiger partial charge is 0.392 e. The van der Waals surface area contributed by atoms with Gasteiger partial charge in [-0.15, -0.1) is 0 Å². The van der Waals surface area contributed by atoms with Crippen LogP contribution in [-0.4, -0.2) is 47.8 Å². The summed E-state index contributed by atoms with van der Waals surface area (Å²) in [4.78, 5) is 2.49. The van der Waals surface area contributed by atoms with Crippen LogP contribution in [0.15, 0.2) is 0 Å². The molecule has 1 aliphatic heterocycles. The van der Waals surface area contributed by atoms with Crippen molar-refractivity contribution in [2.24, 2.45) is 0 Å². The van der Waals surface area contributed by atoms with Crippen molar-refractivity contribution in [1.82, 2.24) is 10.2 Å². The highest BCUT2D eigenvalue weighted by atomic mass is 16.3. The van der Waals surface area contributed by atoms with Crippen LogP contribution in [0.25, 0.3) is 0 Å². The van der Waals surface area contributed by atoms with Gasteiger partial charge in [-0.05, 0) is 33.2 Å². The van der Waals surface area contributed by atoms with Crippen LogP contribution >= 0.6 is 0 Å². The van der Waals surface area contributed by atoms with Gasteiger partial charge in [0.15, 0.2) is 0 Å². The number of aliphatic hydroxyl groups excluding tert-OH is 1. The van der Waals surface area contributed by atoms with Gasteiger partial charge in [-0.2, -0.15) is 0 Å². The average Bonchev–Trinajstić information content (AvgIpc) is 2.63. The Balaban J connectivity index is 2.13. The molecule has 1 heterocycles. The molecule has 0 spiro atoms. The Labute approximate surface area is 93.9 Å². The Bertz CT molecular complexity index is 173. The minimum absolute atomic E-state index is 0.164. The molecule has 0 aliphatic carbocycles. The fourth-order valence-electron chi connectivity index (χ4n) is 2.16. The fraction of sp³-hybridized carbons (Fsp3) is 1.00. The molecule has 90 valence electrons. The van der Waals surface area contributed by atoms with Gasteiger partial charge >= 0.3 is 0 Å². The maximum atomic E-state index is 9.61. The quantitative estimate of drug-likeness (QED) is 0.698. The molecular weight excluding hydrogens is 188 g/mol. The van der Waals surface area contributed by atoms with Crippen molar-refractivity contribution in [2.75, 3.05) is 19.6 Å². The summed E-state index contributed by atoms with van der Waals surface area (Å²) in [5.41, 5.74) is 0. The first-order valence-electron chi connectivity index (χ1n) is 6.29. The van der Waals surface area contributed by atoms with Gasteiger partial charge in [-0.1, -0.05) is 13.3 Å². The molecule has 3 nitrogen and oxygen atoms in total. The Morgan fingerprint density at radius 2 is 2.20 bits per heavy atom. The summed E-state index contributed by atoms with van der Waals surface area (Å²) < 4.78 is 0. The summed E-state index contributed by atoms with van der Waals surface area (Å²) in [7, 11) is 0. The third-order valence-corrected chi connectivity index (χ3v) is 3.21. The molecule has 0 amide bonds. The molecule has 2 unspecified atom stereocenters. The molecule has 0 radical (unpaired) electrons. The maximum Gasteiger partial charge on any atom is 0.0664 e. The van der Waals surface area contributed by atoms with Crippen LogP contribution in [0, 0.1) is 0 Å². The molecule has 1 fully saturated rings. The minimum Gasteiger partial charge on any atom is -0.392 e. The summed E-state index contributed by atoms with van der Waals surface area (Å²) in [5, 5.41) is 13.1. The average molecular weight is 214 g/mol. The van der Waals surface area contributed by atoms with Crippen LogP contribution < -0.4 is 5.32 Å². The highest BCUT2D eigenvalue weighted by molar-refractivity contribution is 4.83. The fourth-order valence-corrected chi connectivity index (χ4v) is 2.16. The Morgan fingerprint density at radius 3 is 2.73 bits per heavy atom. The zero-order chi connectivity index (χ0) is 11.3. The first-order valence-corrected chi connectivity index (χ1v) is 6.29. The Morgan fingerprint density at radius 1 is 1.47 bits per heavy atom. The van der Waals surface area contributed by atoms with Crippen LogP contribution in [0.2, 0.25) is 0 Å². The maximum absolute atomic E-state index is 9.61. The zero-order valence-electron chi connectivity index (χ0n) is 10.4. The Kier molecular flexibility index (Phi) is 5.58. The van der Waals surface area contributed by atoms with Crippen molar-refractivity contribution in [3.05, 3.63) is 0 Å². The second-order valence-corrected chi connectivity index (χ2v) is 4.93. The first kappa shape index (κ1) is 12.9. The molecule has 2 atom stereocenters. The molecular formula is C12H26N2O. The summed E-state index contributed by atoms with van der Waals surface area (Å²) in [5.74, 6) is 0. The summed E-state index contributed by atoms with van der Waals surface area (Å²) in [6.07, 6.45) is 3.03. The van der Waals surface area contributed by atoms with Crippen molar-refractivity contribution in [2.45, 2.75) is 58.2 Å². The molecule has 1 rings (SSSR count). The van der Waals surface area contributed by atoms with E-state index in [1.807, 2.05) is 0 Å². The zero-order valence-corrected chi connectivity index (χ0v) is 10.4. The van der Waals surface area contributed by atoms with Crippen LogP contribution in [0.1, 0.15) is 40.0 Å². The van der Waals surface area contributed by atoms with Crippen LogP contribution in [0.4, 0.5) is 0 Å². The van der Waals surface area contributed by atoms with E-state index in [4.69, 9.17) is 0 Å². The van der Waals surface area contributed by atoms with Gasteiger partial charge in [0, 0.05) is 25.2 Å². The van der Waals surface area contributed by atoms with E-state index in [1.54, 1.807) is 0 Å². The van der Waals surface area contributed by atoms with Gasteiger partial charge in [-0.3, -0.25) is 4.90 Å². The second-order valence-electron chi connectivity index (χ2n) is 4.93. The van der Waals surface area contributed by atoms with E-state index in [1.165, 1.54) is 13.0 Å². The van der Waals surface area contributed by atoms with E-state index in [2.05, 4.69) is 31.0 Å². The topological polar surface area (TPSA) is 35.5 Å². The molecule has 0 bridgehead atoms. The smallest absolute Gasteiger partial charge is 0.0664 e. The van der Waals surface area contributed by atoms with Crippen LogP contribution in [0.5, 0.6) is 0 Å². The summed E-state index contributed by atoms with van der Waals surface area (Å²) >= 11 is 0. The van der Waals surface area contributed by atoms with Gasteiger partial charge in [0.25, 0.3) is 0 Å². The second kappa shape index (κ2) is 6.46. The number of likely N-dealkylation sites (tertiary alicyclic amines) is 1. The molecule has 0 aromatic rings. The molecule has 0 aromatic heterocycles. The van der Waals surface area contributed by atoms with E-state index >= 15 is 0 Å². The lowest BCUT2D eigenvalue weighted by molar-refractivity contribution is 0.155. The highest BCUT2D eigenvalue weighted by Crippen LogP contribution is 2.12. The van der Waals surface area contributed by atoms with E-state index < -0.39 is 0 Å².